The van der Waals surface area contributed by atoms with Crippen molar-refractivity contribution in [2.75, 3.05) is 13.3 Å². The number of carbonyl (C=O) groups excluding carboxylic acids is 2. The number of Topliss-reactive ketones (excluding diaryl/α,β-unsaturated/α-hetero) is 1. The van der Waals surface area contributed by atoms with E-state index in [4.69, 9.17) is 4.74 Å². The normalized spacial score (nSPS) is 12.0. The van der Waals surface area contributed by atoms with E-state index in [1.807, 2.05) is 36.4 Å². The number of hydrogen-bond donors (Lipinski definition) is 0. The summed E-state index contributed by atoms with van der Waals surface area (Å²) >= 11 is 0. The van der Waals surface area contributed by atoms with Crippen LogP contribution in [0.1, 0.15) is 13.3 Å². The average Bonchev–Trinajstić information content (AvgIpc) is 2.59. The van der Waals surface area contributed by atoms with Crippen LogP contribution < -0.4 is 10.6 Å². The lowest BCUT2D eigenvalue weighted by Gasteiger charge is -2.23. The van der Waals surface area contributed by atoms with Crippen LogP contribution in [0.2, 0.25) is 0 Å². The lowest BCUT2D eigenvalue weighted by atomic mass is 10.1. The molecule has 0 bridgehead atoms. The Hall–Kier alpha value is -1.99. The molecule has 3 nitrogen and oxygen atoms in total. The SMILES string of the molecule is COC(=O)C(CC(C)=O)CP(c1ccccc1)c1ccccc1. The Morgan fingerprint density at radius 3 is 1.83 bits per heavy atom. The molecule has 0 saturated carbocycles. The van der Waals surface area contributed by atoms with Crippen LogP contribution in [0.15, 0.2) is 60.7 Å². The molecule has 2 aromatic carbocycles. The number of esters is 1. The molecule has 120 valence electrons. The molecule has 0 aliphatic heterocycles. The van der Waals surface area contributed by atoms with E-state index >= 15 is 0 Å². The minimum Gasteiger partial charge on any atom is -0.469 e. The fourth-order valence-corrected chi connectivity index (χ4v) is 5.03. The van der Waals surface area contributed by atoms with Gasteiger partial charge in [-0.05, 0) is 31.6 Å². The standard InChI is InChI=1S/C19H21O3P/c1-15(20)13-16(19(21)22-2)14-23(17-9-5-3-6-10-17)18-11-7-4-8-12-18/h3-12,16H,13-14H2,1-2H3. The fourth-order valence-electron chi connectivity index (χ4n) is 2.53. The first kappa shape index (κ1) is 17.4. The number of rotatable bonds is 7. The summed E-state index contributed by atoms with van der Waals surface area (Å²) in [7, 11) is 0.666. The van der Waals surface area contributed by atoms with Crippen molar-refractivity contribution in [3.8, 4) is 0 Å². The monoisotopic (exact) mass is 328 g/mol. The zero-order valence-electron chi connectivity index (χ0n) is 13.4. The summed E-state index contributed by atoms with van der Waals surface area (Å²) < 4.78 is 4.91. The van der Waals surface area contributed by atoms with Crippen LogP contribution in [0.3, 0.4) is 0 Å². The summed E-state index contributed by atoms with van der Waals surface area (Å²) in [4.78, 5) is 23.6. The molecule has 0 radical (unpaired) electrons. The van der Waals surface area contributed by atoms with Crippen molar-refractivity contribution in [1.82, 2.24) is 0 Å². The molecule has 0 aliphatic carbocycles. The number of ketones is 1. The Labute approximate surface area is 138 Å². The van der Waals surface area contributed by atoms with E-state index in [2.05, 4.69) is 24.3 Å². The van der Waals surface area contributed by atoms with Gasteiger partial charge >= 0.3 is 5.97 Å². The van der Waals surface area contributed by atoms with Crippen molar-refractivity contribution in [2.45, 2.75) is 13.3 Å². The third-order valence-corrected chi connectivity index (χ3v) is 6.26. The molecule has 0 fully saturated rings. The molecular formula is C19H21O3P. The Balaban J connectivity index is 2.33. The molecule has 1 atom stereocenters. The first-order valence-electron chi connectivity index (χ1n) is 7.56. The lowest BCUT2D eigenvalue weighted by Crippen LogP contribution is -2.26. The Morgan fingerprint density at radius 2 is 1.43 bits per heavy atom. The second-order valence-corrected chi connectivity index (χ2v) is 7.66. The molecule has 0 saturated heterocycles. The zero-order valence-corrected chi connectivity index (χ0v) is 14.3. The van der Waals surface area contributed by atoms with Crippen molar-refractivity contribution in [2.24, 2.45) is 5.92 Å². The fraction of sp³-hybridized carbons (Fsp3) is 0.263. The van der Waals surface area contributed by atoms with Gasteiger partial charge in [-0.2, -0.15) is 0 Å². The molecule has 0 aromatic heterocycles. The quantitative estimate of drug-likeness (QED) is 0.580. The molecule has 2 rings (SSSR count). The van der Waals surface area contributed by atoms with Gasteiger partial charge in [-0.1, -0.05) is 60.7 Å². The summed E-state index contributed by atoms with van der Waals surface area (Å²) in [6, 6.07) is 20.3. The highest BCUT2D eigenvalue weighted by atomic mass is 31.1. The highest BCUT2D eigenvalue weighted by Crippen LogP contribution is 2.37. The van der Waals surface area contributed by atoms with Gasteiger partial charge in [-0.3, -0.25) is 4.79 Å². The minimum atomic E-state index is -0.712. The number of hydrogen-bond acceptors (Lipinski definition) is 3. The number of benzene rings is 2. The largest absolute Gasteiger partial charge is 0.469 e. The van der Waals surface area contributed by atoms with E-state index in [-0.39, 0.29) is 18.2 Å². The van der Waals surface area contributed by atoms with Crippen molar-refractivity contribution in [1.29, 1.82) is 0 Å². The van der Waals surface area contributed by atoms with E-state index in [0.717, 1.165) is 0 Å². The second-order valence-electron chi connectivity index (χ2n) is 5.41. The Morgan fingerprint density at radius 1 is 0.957 bits per heavy atom. The molecule has 0 N–H and O–H groups in total. The highest BCUT2D eigenvalue weighted by molar-refractivity contribution is 7.73. The molecule has 4 heteroatoms. The molecule has 23 heavy (non-hydrogen) atoms. The molecule has 0 spiro atoms. The van der Waals surface area contributed by atoms with Gasteiger partial charge < -0.3 is 9.53 Å². The lowest BCUT2D eigenvalue weighted by molar-refractivity contribution is -0.146. The molecule has 2 aromatic rings. The third kappa shape index (κ3) is 5.01. The predicted octanol–water partition coefficient (Wildman–Crippen LogP) is 2.89. The maximum atomic E-state index is 12.1. The summed E-state index contributed by atoms with van der Waals surface area (Å²) in [5, 5.41) is 2.40. The second kappa shape index (κ2) is 8.59. The molecule has 1 unspecified atom stereocenters. The first-order valence-corrected chi connectivity index (χ1v) is 9.09. The smallest absolute Gasteiger partial charge is 0.309 e. The third-order valence-electron chi connectivity index (χ3n) is 3.61. The minimum absolute atomic E-state index is 0.0106. The van der Waals surface area contributed by atoms with Gasteiger partial charge in [0.1, 0.15) is 5.78 Å². The van der Waals surface area contributed by atoms with E-state index in [9.17, 15) is 9.59 Å². The van der Waals surface area contributed by atoms with E-state index in [1.54, 1.807) is 0 Å². The van der Waals surface area contributed by atoms with Crippen LogP contribution >= 0.6 is 7.92 Å². The number of methoxy groups -OCH3 is 1. The van der Waals surface area contributed by atoms with Crippen molar-refractivity contribution in [3.63, 3.8) is 0 Å². The van der Waals surface area contributed by atoms with Crippen LogP contribution in [-0.2, 0) is 14.3 Å². The van der Waals surface area contributed by atoms with Crippen LogP contribution in [0, 0.1) is 5.92 Å². The van der Waals surface area contributed by atoms with Gasteiger partial charge in [-0.25, -0.2) is 0 Å². The van der Waals surface area contributed by atoms with Gasteiger partial charge in [0, 0.05) is 6.42 Å². The van der Waals surface area contributed by atoms with Gasteiger partial charge in [0.2, 0.25) is 0 Å². The Bertz CT molecular complexity index is 601. The summed E-state index contributed by atoms with van der Waals surface area (Å²) in [5.41, 5.74) is 0. The molecule has 0 amide bonds. The van der Waals surface area contributed by atoms with Crippen LogP contribution in [0.4, 0.5) is 0 Å². The molecule has 0 heterocycles. The van der Waals surface area contributed by atoms with Crippen LogP contribution in [-0.4, -0.2) is 25.0 Å². The van der Waals surface area contributed by atoms with Gasteiger partial charge in [0.25, 0.3) is 0 Å². The molecule has 0 aliphatic rings. The van der Waals surface area contributed by atoms with Crippen molar-refractivity contribution >= 4 is 30.3 Å². The van der Waals surface area contributed by atoms with Gasteiger partial charge in [-0.15, -0.1) is 0 Å². The van der Waals surface area contributed by atoms with E-state index < -0.39 is 13.8 Å². The van der Waals surface area contributed by atoms with Crippen LogP contribution in [0.25, 0.3) is 0 Å². The number of ether oxygens (including phenoxy) is 1. The average molecular weight is 328 g/mol. The molecular weight excluding hydrogens is 307 g/mol. The maximum absolute atomic E-state index is 12.1. The summed E-state index contributed by atoms with van der Waals surface area (Å²) in [6.07, 6.45) is 0.848. The van der Waals surface area contributed by atoms with E-state index in [1.165, 1.54) is 24.6 Å². The number of carbonyl (C=O) groups is 2. The van der Waals surface area contributed by atoms with Gasteiger partial charge in [0.15, 0.2) is 0 Å². The van der Waals surface area contributed by atoms with Crippen LogP contribution in [0.5, 0.6) is 0 Å². The topological polar surface area (TPSA) is 43.4 Å². The summed E-state index contributed by atoms with van der Waals surface area (Å²) in [6.45, 7) is 1.52. The highest BCUT2D eigenvalue weighted by Gasteiger charge is 2.26. The van der Waals surface area contributed by atoms with E-state index in [0.29, 0.717) is 6.16 Å². The van der Waals surface area contributed by atoms with Gasteiger partial charge in [0.05, 0.1) is 13.0 Å². The maximum Gasteiger partial charge on any atom is 0.309 e. The first-order chi connectivity index (χ1) is 11.1. The predicted molar refractivity (Wildman–Crippen MR) is 94.7 cm³/mol. The summed E-state index contributed by atoms with van der Waals surface area (Å²) in [5.74, 6) is -0.694. The zero-order chi connectivity index (χ0) is 16.7. The Kier molecular flexibility index (Phi) is 6.49. The van der Waals surface area contributed by atoms with Crippen molar-refractivity contribution < 1.29 is 14.3 Å². The van der Waals surface area contributed by atoms with Crippen molar-refractivity contribution in [3.05, 3.63) is 60.7 Å².